The summed E-state index contributed by atoms with van der Waals surface area (Å²) in [6, 6.07) is 17.0. The summed E-state index contributed by atoms with van der Waals surface area (Å²) < 4.78 is 39.2. The quantitative estimate of drug-likeness (QED) is 0.595. The van der Waals surface area contributed by atoms with Crippen LogP contribution in [-0.4, -0.2) is 52.6 Å². The molecule has 1 heterocycles. The molecular weight excluding hydrogens is 392 g/mol. The van der Waals surface area contributed by atoms with Crippen LogP contribution in [0.2, 0.25) is 0 Å². The van der Waals surface area contributed by atoms with E-state index in [9.17, 15) is 8.42 Å². The molecule has 0 radical (unpaired) electrons. The SMILES string of the molecule is COCCCNS(=O)(=O)[C@@H]1CON(C)[C@@H]1c1cccc(OCc2ccccc2)c1. The first kappa shape index (κ1) is 21.7. The Kier molecular flexibility index (Phi) is 7.63. The van der Waals surface area contributed by atoms with Gasteiger partial charge in [0, 0.05) is 27.3 Å². The second-order valence-electron chi connectivity index (χ2n) is 6.96. The highest BCUT2D eigenvalue weighted by molar-refractivity contribution is 7.90. The molecule has 7 nitrogen and oxygen atoms in total. The third-order valence-electron chi connectivity index (χ3n) is 4.86. The van der Waals surface area contributed by atoms with Gasteiger partial charge in [0.1, 0.15) is 17.6 Å². The Hall–Kier alpha value is -1.97. The molecule has 0 spiro atoms. The fraction of sp³-hybridized carbons (Fsp3) is 0.429. The summed E-state index contributed by atoms with van der Waals surface area (Å²) in [7, 11) is -0.205. The minimum atomic E-state index is -3.55. The maximum atomic E-state index is 12.8. The van der Waals surface area contributed by atoms with E-state index in [1.54, 1.807) is 19.2 Å². The van der Waals surface area contributed by atoms with Gasteiger partial charge in [-0.2, -0.15) is 5.06 Å². The van der Waals surface area contributed by atoms with E-state index in [0.717, 1.165) is 11.1 Å². The Labute approximate surface area is 172 Å². The number of hydrogen-bond donors (Lipinski definition) is 1. The third kappa shape index (κ3) is 5.77. The highest BCUT2D eigenvalue weighted by Crippen LogP contribution is 2.34. The molecule has 0 unspecified atom stereocenters. The highest BCUT2D eigenvalue weighted by Gasteiger charge is 2.43. The van der Waals surface area contributed by atoms with Crippen molar-refractivity contribution >= 4 is 10.0 Å². The molecular formula is C21H28N2O5S. The van der Waals surface area contributed by atoms with Crippen LogP contribution in [0, 0.1) is 0 Å². The van der Waals surface area contributed by atoms with Crippen LogP contribution in [0.4, 0.5) is 0 Å². The fourth-order valence-corrected chi connectivity index (χ4v) is 4.90. The van der Waals surface area contributed by atoms with Crippen LogP contribution in [0.3, 0.4) is 0 Å². The Morgan fingerprint density at radius 1 is 1.17 bits per heavy atom. The number of ether oxygens (including phenoxy) is 2. The molecule has 2 atom stereocenters. The summed E-state index contributed by atoms with van der Waals surface area (Å²) in [6.45, 7) is 1.40. The minimum Gasteiger partial charge on any atom is -0.489 e. The summed E-state index contributed by atoms with van der Waals surface area (Å²) in [5, 5.41) is 0.898. The summed E-state index contributed by atoms with van der Waals surface area (Å²) in [5.41, 5.74) is 1.91. The maximum Gasteiger partial charge on any atom is 0.218 e. The molecule has 3 rings (SSSR count). The molecule has 0 aromatic heterocycles. The van der Waals surface area contributed by atoms with E-state index in [0.29, 0.717) is 31.9 Å². The summed E-state index contributed by atoms with van der Waals surface area (Å²) in [6.07, 6.45) is 0.618. The van der Waals surface area contributed by atoms with Crippen molar-refractivity contribution in [2.24, 2.45) is 0 Å². The van der Waals surface area contributed by atoms with Gasteiger partial charge < -0.3 is 9.47 Å². The molecule has 1 saturated heterocycles. The molecule has 0 saturated carbocycles. The van der Waals surface area contributed by atoms with Gasteiger partial charge in [-0.25, -0.2) is 13.1 Å². The zero-order chi connectivity index (χ0) is 20.7. The lowest BCUT2D eigenvalue weighted by Gasteiger charge is -2.23. The third-order valence-corrected chi connectivity index (χ3v) is 6.66. The van der Waals surface area contributed by atoms with Gasteiger partial charge in [-0.3, -0.25) is 4.84 Å². The van der Waals surface area contributed by atoms with Crippen LogP contribution in [0.5, 0.6) is 5.75 Å². The van der Waals surface area contributed by atoms with Crippen molar-refractivity contribution in [3.05, 3.63) is 65.7 Å². The van der Waals surface area contributed by atoms with Crippen molar-refractivity contribution < 1.29 is 22.7 Å². The summed E-state index contributed by atoms with van der Waals surface area (Å²) in [4.78, 5) is 5.56. The Balaban J connectivity index is 1.71. The van der Waals surface area contributed by atoms with E-state index in [2.05, 4.69) is 4.72 Å². The predicted octanol–water partition coefficient (Wildman–Crippen LogP) is 2.51. The van der Waals surface area contributed by atoms with Crippen LogP contribution in [-0.2, 0) is 26.2 Å². The van der Waals surface area contributed by atoms with Gasteiger partial charge in [-0.1, -0.05) is 42.5 Å². The van der Waals surface area contributed by atoms with Crippen molar-refractivity contribution in [3.63, 3.8) is 0 Å². The molecule has 1 N–H and O–H groups in total. The van der Waals surface area contributed by atoms with Gasteiger partial charge in [0.25, 0.3) is 0 Å². The zero-order valence-electron chi connectivity index (χ0n) is 16.8. The number of benzene rings is 2. The zero-order valence-corrected chi connectivity index (χ0v) is 17.6. The number of hydrogen-bond acceptors (Lipinski definition) is 6. The van der Waals surface area contributed by atoms with E-state index < -0.39 is 21.3 Å². The largest absolute Gasteiger partial charge is 0.489 e. The van der Waals surface area contributed by atoms with Crippen LogP contribution in [0.25, 0.3) is 0 Å². The first-order valence-corrected chi connectivity index (χ1v) is 11.2. The van der Waals surface area contributed by atoms with Crippen molar-refractivity contribution in [2.45, 2.75) is 24.3 Å². The number of rotatable bonds is 10. The molecule has 2 aromatic rings. The average molecular weight is 421 g/mol. The van der Waals surface area contributed by atoms with Gasteiger partial charge in [0.05, 0.1) is 12.6 Å². The smallest absolute Gasteiger partial charge is 0.218 e. The van der Waals surface area contributed by atoms with E-state index in [1.165, 1.54) is 0 Å². The van der Waals surface area contributed by atoms with Crippen molar-refractivity contribution in [1.29, 1.82) is 0 Å². The van der Waals surface area contributed by atoms with Gasteiger partial charge in [-0.05, 0) is 29.7 Å². The van der Waals surface area contributed by atoms with Crippen LogP contribution < -0.4 is 9.46 Å². The molecule has 2 aromatic carbocycles. The molecule has 0 amide bonds. The first-order valence-electron chi connectivity index (χ1n) is 9.61. The molecule has 29 heavy (non-hydrogen) atoms. The summed E-state index contributed by atoms with van der Waals surface area (Å²) >= 11 is 0. The number of nitrogens with one attached hydrogen (secondary N) is 1. The molecule has 1 aliphatic heterocycles. The number of methoxy groups -OCH3 is 1. The lowest BCUT2D eigenvalue weighted by Crippen LogP contribution is -2.39. The lowest BCUT2D eigenvalue weighted by molar-refractivity contribution is -0.110. The molecule has 158 valence electrons. The standard InChI is InChI=1S/C21H28N2O5S/c1-23-21(20(16-28-23)29(24,25)22-12-7-13-26-2)18-10-6-11-19(14-18)27-15-17-8-4-3-5-9-17/h3-6,8-11,14,20-22H,7,12-13,15-16H2,1-2H3/t20-,21-/m1/s1. The Bertz CT molecular complexity index is 876. The lowest BCUT2D eigenvalue weighted by atomic mass is 10.0. The average Bonchev–Trinajstić information content (AvgIpc) is 3.13. The van der Waals surface area contributed by atoms with E-state index in [-0.39, 0.29) is 6.61 Å². The second kappa shape index (κ2) is 10.2. The second-order valence-corrected chi connectivity index (χ2v) is 8.94. The molecule has 8 heteroatoms. The first-order chi connectivity index (χ1) is 14.0. The number of nitrogens with zero attached hydrogens (tertiary/aromatic N) is 1. The van der Waals surface area contributed by atoms with Crippen molar-refractivity contribution in [1.82, 2.24) is 9.79 Å². The van der Waals surface area contributed by atoms with E-state index in [4.69, 9.17) is 14.3 Å². The maximum absolute atomic E-state index is 12.8. The molecule has 1 aliphatic rings. The van der Waals surface area contributed by atoms with Gasteiger partial charge in [0.15, 0.2) is 0 Å². The van der Waals surface area contributed by atoms with E-state index in [1.807, 2.05) is 54.6 Å². The number of hydroxylamine groups is 2. The van der Waals surface area contributed by atoms with Crippen LogP contribution in [0.1, 0.15) is 23.6 Å². The Morgan fingerprint density at radius 2 is 1.97 bits per heavy atom. The number of sulfonamides is 1. The molecule has 0 aliphatic carbocycles. The van der Waals surface area contributed by atoms with Crippen molar-refractivity contribution in [2.75, 3.05) is 33.9 Å². The molecule has 1 fully saturated rings. The molecule has 0 bridgehead atoms. The van der Waals surface area contributed by atoms with E-state index >= 15 is 0 Å². The highest BCUT2D eigenvalue weighted by atomic mass is 32.2. The summed E-state index contributed by atoms with van der Waals surface area (Å²) in [5.74, 6) is 0.691. The van der Waals surface area contributed by atoms with Gasteiger partial charge in [0.2, 0.25) is 10.0 Å². The van der Waals surface area contributed by atoms with Crippen LogP contribution >= 0.6 is 0 Å². The minimum absolute atomic E-state index is 0.107. The Morgan fingerprint density at radius 3 is 2.72 bits per heavy atom. The van der Waals surface area contributed by atoms with Crippen molar-refractivity contribution in [3.8, 4) is 5.75 Å². The predicted molar refractivity (Wildman–Crippen MR) is 111 cm³/mol. The fourth-order valence-electron chi connectivity index (χ4n) is 3.35. The monoisotopic (exact) mass is 420 g/mol. The normalized spacial score (nSPS) is 20.1. The topological polar surface area (TPSA) is 77.1 Å². The van der Waals surface area contributed by atoms with Crippen LogP contribution in [0.15, 0.2) is 54.6 Å². The van der Waals surface area contributed by atoms with Gasteiger partial charge in [-0.15, -0.1) is 0 Å². The van der Waals surface area contributed by atoms with Gasteiger partial charge >= 0.3 is 0 Å².